The highest BCUT2D eigenvalue weighted by Gasteiger charge is 2.23. The van der Waals surface area contributed by atoms with E-state index < -0.39 is 18.5 Å². The fraction of sp³-hybridized carbons (Fsp3) is 0.211. The Morgan fingerprint density at radius 2 is 1.78 bits per heavy atom. The maximum absolute atomic E-state index is 12.8. The minimum absolute atomic E-state index is 0.0406. The second-order valence-corrected chi connectivity index (χ2v) is 5.36. The molecule has 0 bridgehead atoms. The van der Waals surface area contributed by atoms with Gasteiger partial charge in [-0.25, -0.2) is 9.18 Å². The lowest BCUT2D eigenvalue weighted by Crippen LogP contribution is -2.28. The van der Waals surface area contributed by atoms with Crippen LogP contribution in [0.15, 0.2) is 36.4 Å². The van der Waals surface area contributed by atoms with Crippen LogP contribution in [-0.2, 0) is 16.1 Å². The molecule has 0 saturated heterocycles. The van der Waals surface area contributed by atoms with Crippen molar-refractivity contribution in [2.75, 3.05) is 20.8 Å². The van der Waals surface area contributed by atoms with Gasteiger partial charge in [-0.2, -0.15) is 0 Å². The zero-order valence-electron chi connectivity index (χ0n) is 14.8. The summed E-state index contributed by atoms with van der Waals surface area (Å²) >= 11 is 0. The summed E-state index contributed by atoms with van der Waals surface area (Å²) in [6, 6.07) is 8.47. The molecule has 142 valence electrons. The number of rotatable bonds is 8. The van der Waals surface area contributed by atoms with Gasteiger partial charge in [0.15, 0.2) is 24.4 Å². The maximum atomic E-state index is 12.8. The summed E-state index contributed by atoms with van der Waals surface area (Å²) in [7, 11) is 2.70. The van der Waals surface area contributed by atoms with Crippen molar-refractivity contribution in [1.82, 2.24) is 5.32 Å². The van der Waals surface area contributed by atoms with Gasteiger partial charge in [0.25, 0.3) is 5.91 Å². The molecular formula is C19H18FNO6. The highest BCUT2D eigenvalue weighted by atomic mass is 19.1. The summed E-state index contributed by atoms with van der Waals surface area (Å²) < 4.78 is 28.1. The van der Waals surface area contributed by atoms with Crippen molar-refractivity contribution in [3.63, 3.8) is 0 Å². The second kappa shape index (κ2) is 9.33. The molecule has 2 aromatic carbocycles. The fourth-order valence-electron chi connectivity index (χ4n) is 2.31. The van der Waals surface area contributed by atoms with Crippen LogP contribution < -0.4 is 14.8 Å². The predicted octanol–water partition coefficient (Wildman–Crippen LogP) is 2.13. The van der Waals surface area contributed by atoms with E-state index in [1.54, 1.807) is 0 Å². The number of amides is 1. The lowest BCUT2D eigenvalue weighted by molar-refractivity contribution is -0.124. The molecular weight excluding hydrogens is 357 g/mol. The Hall–Kier alpha value is -3.42. The van der Waals surface area contributed by atoms with Crippen LogP contribution >= 0.6 is 0 Å². The molecule has 0 aliphatic rings. The van der Waals surface area contributed by atoms with Crippen molar-refractivity contribution in [2.45, 2.75) is 6.54 Å². The Kier molecular flexibility index (Phi) is 6.87. The second-order valence-electron chi connectivity index (χ2n) is 5.36. The zero-order valence-corrected chi connectivity index (χ0v) is 14.8. The zero-order chi connectivity index (χ0) is 19.8. The third-order valence-electron chi connectivity index (χ3n) is 3.65. The summed E-state index contributed by atoms with van der Waals surface area (Å²) in [6.07, 6.45) is 0.479. The van der Waals surface area contributed by atoms with E-state index in [1.165, 1.54) is 50.6 Å². The molecule has 0 aromatic heterocycles. The minimum atomic E-state index is -0.898. The van der Waals surface area contributed by atoms with Crippen molar-refractivity contribution in [2.24, 2.45) is 0 Å². The number of benzene rings is 2. The van der Waals surface area contributed by atoms with Crippen LogP contribution in [0.1, 0.15) is 26.3 Å². The Morgan fingerprint density at radius 3 is 2.37 bits per heavy atom. The van der Waals surface area contributed by atoms with Gasteiger partial charge in [-0.05, 0) is 29.8 Å². The Morgan fingerprint density at radius 1 is 1.07 bits per heavy atom. The molecule has 7 nitrogen and oxygen atoms in total. The molecule has 2 rings (SSSR count). The molecule has 0 aliphatic heterocycles. The number of nitrogens with one attached hydrogen (secondary N) is 1. The van der Waals surface area contributed by atoms with Crippen LogP contribution in [0.2, 0.25) is 0 Å². The molecule has 0 spiro atoms. The number of aldehydes is 1. The first-order chi connectivity index (χ1) is 13.0. The normalized spacial score (nSPS) is 10.0. The van der Waals surface area contributed by atoms with Gasteiger partial charge in [-0.3, -0.25) is 9.59 Å². The topological polar surface area (TPSA) is 90.9 Å². The fourth-order valence-corrected chi connectivity index (χ4v) is 2.31. The Bertz CT molecular complexity index is 835. The Balaban J connectivity index is 2.01. The van der Waals surface area contributed by atoms with Crippen molar-refractivity contribution < 1.29 is 33.0 Å². The van der Waals surface area contributed by atoms with Crippen molar-refractivity contribution in [3.05, 3.63) is 58.9 Å². The Labute approximate surface area is 155 Å². The van der Waals surface area contributed by atoms with Gasteiger partial charge >= 0.3 is 5.97 Å². The van der Waals surface area contributed by atoms with Gasteiger partial charge in [0, 0.05) is 12.1 Å². The van der Waals surface area contributed by atoms with E-state index in [1.807, 2.05) is 0 Å². The highest BCUT2D eigenvalue weighted by Crippen LogP contribution is 2.33. The van der Waals surface area contributed by atoms with Crippen LogP contribution in [-0.4, -0.2) is 39.0 Å². The molecule has 0 fully saturated rings. The molecule has 2 aromatic rings. The molecule has 0 saturated carbocycles. The average Bonchev–Trinajstić information content (AvgIpc) is 2.70. The van der Waals surface area contributed by atoms with Crippen LogP contribution in [0.25, 0.3) is 0 Å². The van der Waals surface area contributed by atoms with Crippen LogP contribution in [0.5, 0.6) is 11.5 Å². The predicted molar refractivity (Wildman–Crippen MR) is 93.5 cm³/mol. The van der Waals surface area contributed by atoms with E-state index in [9.17, 15) is 18.8 Å². The van der Waals surface area contributed by atoms with Gasteiger partial charge in [0.05, 0.1) is 14.2 Å². The van der Waals surface area contributed by atoms with Gasteiger partial charge in [-0.15, -0.1) is 0 Å². The minimum Gasteiger partial charge on any atom is -0.493 e. The van der Waals surface area contributed by atoms with Gasteiger partial charge in [-0.1, -0.05) is 12.1 Å². The van der Waals surface area contributed by atoms with Gasteiger partial charge in [0.1, 0.15) is 11.4 Å². The number of esters is 1. The summed E-state index contributed by atoms with van der Waals surface area (Å²) in [5, 5.41) is 2.54. The van der Waals surface area contributed by atoms with Crippen LogP contribution in [0, 0.1) is 5.82 Å². The van der Waals surface area contributed by atoms with Crippen molar-refractivity contribution >= 4 is 18.2 Å². The lowest BCUT2D eigenvalue weighted by atomic mass is 10.1. The number of methoxy groups -OCH3 is 2. The molecule has 0 radical (unpaired) electrons. The standard InChI is InChI=1S/C19H18FNO6/c1-25-15-8-5-13(10-22)17(18(15)26-2)19(24)27-11-16(23)21-9-12-3-6-14(20)7-4-12/h3-8,10H,9,11H2,1-2H3,(H,21,23). The highest BCUT2D eigenvalue weighted by molar-refractivity contribution is 6.02. The number of hydrogen-bond donors (Lipinski definition) is 1. The number of halogens is 1. The quantitative estimate of drug-likeness (QED) is 0.561. The molecule has 0 atom stereocenters. The molecule has 27 heavy (non-hydrogen) atoms. The monoisotopic (exact) mass is 375 g/mol. The molecule has 0 aliphatic carbocycles. The summed E-state index contributed by atoms with van der Waals surface area (Å²) in [5.41, 5.74) is 0.608. The summed E-state index contributed by atoms with van der Waals surface area (Å²) in [6.45, 7) is -0.405. The maximum Gasteiger partial charge on any atom is 0.343 e. The average molecular weight is 375 g/mol. The van der Waals surface area contributed by atoms with Gasteiger partial charge in [0.2, 0.25) is 0 Å². The van der Waals surface area contributed by atoms with E-state index in [-0.39, 0.29) is 35.0 Å². The van der Waals surface area contributed by atoms with E-state index in [0.717, 1.165) is 0 Å². The molecule has 1 amide bonds. The first kappa shape index (κ1) is 19.9. The molecule has 8 heteroatoms. The largest absolute Gasteiger partial charge is 0.493 e. The SMILES string of the molecule is COc1ccc(C=O)c(C(=O)OCC(=O)NCc2ccc(F)cc2)c1OC. The smallest absolute Gasteiger partial charge is 0.343 e. The third kappa shape index (κ3) is 5.04. The number of carbonyl (C=O) groups is 3. The van der Waals surface area contributed by atoms with E-state index >= 15 is 0 Å². The summed E-state index contributed by atoms with van der Waals surface area (Å²) in [5.74, 6) is -1.54. The van der Waals surface area contributed by atoms with E-state index in [4.69, 9.17) is 14.2 Å². The number of carbonyl (C=O) groups excluding carboxylic acids is 3. The van der Waals surface area contributed by atoms with E-state index in [0.29, 0.717) is 11.8 Å². The first-order valence-electron chi connectivity index (χ1n) is 7.88. The third-order valence-corrected chi connectivity index (χ3v) is 3.65. The number of hydrogen-bond acceptors (Lipinski definition) is 6. The van der Waals surface area contributed by atoms with Crippen LogP contribution in [0.4, 0.5) is 4.39 Å². The summed E-state index contributed by atoms with van der Waals surface area (Å²) in [4.78, 5) is 35.4. The van der Waals surface area contributed by atoms with Crippen molar-refractivity contribution in [1.29, 1.82) is 0 Å². The van der Waals surface area contributed by atoms with Crippen LogP contribution in [0.3, 0.4) is 0 Å². The van der Waals surface area contributed by atoms with Gasteiger partial charge < -0.3 is 19.5 Å². The lowest BCUT2D eigenvalue weighted by Gasteiger charge is -2.14. The molecule has 0 unspecified atom stereocenters. The van der Waals surface area contributed by atoms with E-state index in [2.05, 4.69) is 5.32 Å². The van der Waals surface area contributed by atoms with Crippen molar-refractivity contribution in [3.8, 4) is 11.5 Å². The molecule has 1 N–H and O–H groups in total. The first-order valence-corrected chi connectivity index (χ1v) is 7.88. The number of ether oxygens (including phenoxy) is 3. The molecule has 0 heterocycles.